The first-order valence-corrected chi connectivity index (χ1v) is 13.2. The van der Waals surface area contributed by atoms with E-state index in [0.717, 1.165) is 56.6 Å². The van der Waals surface area contributed by atoms with Crippen LogP contribution in [0.25, 0.3) is 11.5 Å². The van der Waals surface area contributed by atoms with Crippen LogP contribution in [0, 0.1) is 5.92 Å². The number of amides is 1. The normalized spacial score (nSPS) is 17.4. The summed E-state index contributed by atoms with van der Waals surface area (Å²) < 4.78 is 12.2. The van der Waals surface area contributed by atoms with Gasteiger partial charge in [-0.25, -0.2) is 0 Å². The van der Waals surface area contributed by atoms with Crippen LogP contribution in [-0.2, 0) is 17.9 Å². The maximum absolute atomic E-state index is 12.8. The van der Waals surface area contributed by atoms with Gasteiger partial charge < -0.3 is 14.1 Å². The Morgan fingerprint density at radius 3 is 2.53 bits per heavy atom. The van der Waals surface area contributed by atoms with Crippen LogP contribution in [0.15, 0.2) is 59.0 Å². The van der Waals surface area contributed by atoms with Crippen molar-refractivity contribution in [3.05, 3.63) is 66.1 Å². The van der Waals surface area contributed by atoms with Gasteiger partial charge in [0, 0.05) is 44.0 Å². The summed E-state index contributed by atoms with van der Waals surface area (Å²) in [5.74, 6) is 2.65. The third kappa shape index (κ3) is 6.32. The van der Waals surface area contributed by atoms with Gasteiger partial charge in [-0.15, -0.1) is 10.2 Å². The molecule has 2 aromatic carbocycles. The maximum Gasteiger partial charge on any atom is 0.247 e. The number of piperidine rings is 1. The highest BCUT2D eigenvalue weighted by Crippen LogP contribution is 2.28. The fourth-order valence-corrected chi connectivity index (χ4v) is 5.32. The number of aromatic nitrogens is 2. The Balaban J connectivity index is 1.10. The molecule has 2 heterocycles. The fraction of sp³-hybridized carbons (Fsp3) is 0.483. The molecule has 0 N–H and O–H groups in total. The first kappa shape index (κ1) is 24.5. The van der Waals surface area contributed by atoms with Gasteiger partial charge in [-0.2, -0.15) is 0 Å². The van der Waals surface area contributed by atoms with E-state index in [0.29, 0.717) is 24.2 Å². The molecule has 0 radical (unpaired) electrons. The second-order valence-corrected chi connectivity index (χ2v) is 10.2. The van der Waals surface area contributed by atoms with E-state index in [1.165, 1.54) is 24.8 Å². The molecule has 36 heavy (non-hydrogen) atoms. The number of nitrogens with zero attached hydrogens (tertiary/aromatic N) is 4. The summed E-state index contributed by atoms with van der Waals surface area (Å²) in [7, 11) is 2.04. The molecule has 1 aliphatic heterocycles. The van der Waals surface area contributed by atoms with Gasteiger partial charge >= 0.3 is 0 Å². The van der Waals surface area contributed by atoms with Crippen LogP contribution in [0.4, 0.5) is 0 Å². The average Bonchev–Trinajstić information content (AvgIpc) is 3.38. The van der Waals surface area contributed by atoms with Crippen LogP contribution >= 0.6 is 0 Å². The molecule has 1 aromatic heterocycles. The smallest absolute Gasteiger partial charge is 0.247 e. The van der Waals surface area contributed by atoms with Crippen molar-refractivity contribution < 1.29 is 13.9 Å². The van der Waals surface area contributed by atoms with Crippen molar-refractivity contribution in [1.29, 1.82) is 0 Å². The largest absolute Gasteiger partial charge is 0.490 e. The lowest BCUT2D eigenvalue weighted by Gasteiger charge is -2.35. The van der Waals surface area contributed by atoms with Gasteiger partial charge in [0.25, 0.3) is 0 Å². The number of ether oxygens (including phenoxy) is 1. The quantitative estimate of drug-likeness (QED) is 0.427. The van der Waals surface area contributed by atoms with Gasteiger partial charge in [0.15, 0.2) is 0 Å². The highest BCUT2D eigenvalue weighted by molar-refractivity contribution is 5.79. The molecule has 1 saturated carbocycles. The van der Waals surface area contributed by atoms with E-state index in [1.54, 1.807) is 0 Å². The van der Waals surface area contributed by atoms with E-state index >= 15 is 0 Å². The molecule has 1 saturated heterocycles. The van der Waals surface area contributed by atoms with E-state index in [2.05, 4.69) is 32.1 Å². The summed E-state index contributed by atoms with van der Waals surface area (Å²) in [5.41, 5.74) is 2.09. The second kappa shape index (κ2) is 11.7. The van der Waals surface area contributed by atoms with Crippen LogP contribution in [0.1, 0.15) is 56.4 Å². The van der Waals surface area contributed by atoms with Crippen LogP contribution in [0.5, 0.6) is 5.75 Å². The Labute approximate surface area is 213 Å². The van der Waals surface area contributed by atoms with Crippen molar-refractivity contribution in [1.82, 2.24) is 20.0 Å². The number of hydrogen-bond donors (Lipinski definition) is 0. The second-order valence-electron chi connectivity index (χ2n) is 10.2. The maximum atomic E-state index is 12.8. The fourth-order valence-electron chi connectivity index (χ4n) is 5.32. The highest BCUT2D eigenvalue weighted by atomic mass is 16.5. The van der Waals surface area contributed by atoms with E-state index in [9.17, 15) is 4.79 Å². The van der Waals surface area contributed by atoms with Gasteiger partial charge in [-0.3, -0.25) is 9.69 Å². The molecule has 0 unspecified atom stereocenters. The lowest BCUT2D eigenvalue weighted by atomic mass is 9.88. The summed E-state index contributed by atoms with van der Waals surface area (Å²) in [6.07, 6.45) is 7.75. The van der Waals surface area contributed by atoms with E-state index < -0.39 is 0 Å². The Morgan fingerprint density at radius 1 is 0.972 bits per heavy atom. The molecule has 190 valence electrons. The first-order chi connectivity index (χ1) is 17.6. The SMILES string of the molecule is CN(Cc1cccc(OC2CCN(C(=O)C3CCCCC3)CC2)c1)Cc1nnc(-c2ccccc2)o1. The van der Waals surface area contributed by atoms with Gasteiger partial charge in [-0.1, -0.05) is 49.6 Å². The Kier molecular flexibility index (Phi) is 7.96. The predicted molar refractivity (Wildman–Crippen MR) is 138 cm³/mol. The third-order valence-electron chi connectivity index (χ3n) is 7.25. The van der Waals surface area contributed by atoms with E-state index in [4.69, 9.17) is 9.15 Å². The van der Waals surface area contributed by atoms with Crippen molar-refractivity contribution in [3.8, 4) is 17.2 Å². The number of likely N-dealkylation sites (tertiary alicyclic amines) is 1. The molecule has 1 aliphatic carbocycles. The number of carbonyl (C=O) groups is 1. The zero-order chi connectivity index (χ0) is 24.7. The minimum atomic E-state index is 0.156. The molecule has 3 aromatic rings. The van der Waals surface area contributed by atoms with Crippen molar-refractivity contribution in [2.75, 3.05) is 20.1 Å². The first-order valence-electron chi connectivity index (χ1n) is 13.2. The Morgan fingerprint density at radius 2 is 1.75 bits per heavy atom. The minimum absolute atomic E-state index is 0.156. The zero-order valence-electron chi connectivity index (χ0n) is 21.1. The number of hydrogen-bond acceptors (Lipinski definition) is 6. The van der Waals surface area contributed by atoms with E-state index in [1.807, 2.05) is 49.5 Å². The lowest BCUT2D eigenvalue weighted by Crippen LogP contribution is -2.44. The molecular weight excluding hydrogens is 452 g/mol. The van der Waals surface area contributed by atoms with Crippen LogP contribution in [0.2, 0.25) is 0 Å². The molecule has 2 aliphatic rings. The molecule has 0 atom stereocenters. The summed E-state index contributed by atoms with van der Waals surface area (Å²) in [5, 5.41) is 8.39. The summed E-state index contributed by atoms with van der Waals surface area (Å²) in [6.45, 7) is 2.92. The molecule has 0 bridgehead atoms. The molecule has 7 heteroatoms. The van der Waals surface area contributed by atoms with Crippen LogP contribution < -0.4 is 4.74 Å². The summed E-state index contributed by atoms with van der Waals surface area (Å²) in [4.78, 5) is 17.1. The number of carbonyl (C=O) groups excluding carboxylic acids is 1. The summed E-state index contributed by atoms with van der Waals surface area (Å²) >= 11 is 0. The van der Waals surface area contributed by atoms with Gasteiger partial charge in [0.05, 0.1) is 6.54 Å². The van der Waals surface area contributed by atoms with Crippen LogP contribution in [-0.4, -0.2) is 52.1 Å². The predicted octanol–water partition coefficient (Wildman–Crippen LogP) is 5.32. The Bertz CT molecular complexity index is 1120. The Hall–Kier alpha value is -3.19. The topological polar surface area (TPSA) is 71.7 Å². The number of benzene rings is 2. The molecule has 1 amide bonds. The number of rotatable bonds is 8. The average molecular weight is 489 g/mol. The zero-order valence-corrected chi connectivity index (χ0v) is 21.1. The molecule has 0 spiro atoms. The van der Waals surface area contributed by atoms with Crippen molar-refractivity contribution in [2.45, 2.75) is 64.1 Å². The van der Waals surface area contributed by atoms with E-state index in [-0.39, 0.29) is 12.0 Å². The minimum Gasteiger partial charge on any atom is -0.490 e. The molecule has 5 rings (SSSR count). The third-order valence-corrected chi connectivity index (χ3v) is 7.25. The van der Waals surface area contributed by atoms with Gasteiger partial charge in [0.2, 0.25) is 17.7 Å². The monoisotopic (exact) mass is 488 g/mol. The van der Waals surface area contributed by atoms with Crippen molar-refractivity contribution >= 4 is 5.91 Å². The van der Waals surface area contributed by atoms with Crippen molar-refractivity contribution in [3.63, 3.8) is 0 Å². The molecular formula is C29H36N4O3. The highest BCUT2D eigenvalue weighted by Gasteiger charge is 2.29. The van der Waals surface area contributed by atoms with Gasteiger partial charge in [0.1, 0.15) is 11.9 Å². The van der Waals surface area contributed by atoms with Gasteiger partial charge in [-0.05, 0) is 49.7 Å². The lowest BCUT2D eigenvalue weighted by molar-refractivity contribution is -0.138. The van der Waals surface area contributed by atoms with Crippen LogP contribution in [0.3, 0.4) is 0 Å². The molecule has 7 nitrogen and oxygen atoms in total. The molecule has 2 fully saturated rings. The van der Waals surface area contributed by atoms with Crippen molar-refractivity contribution in [2.24, 2.45) is 5.92 Å². The summed E-state index contributed by atoms with van der Waals surface area (Å²) in [6, 6.07) is 18.1. The standard InChI is InChI=1S/C29H36N4O3/c1-32(21-27-30-31-28(36-27)23-10-4-2-5-11-23)20-22-9-8-14-26(19-22)35-25-15-17-33(18-16-25)29(34)24-12-6-3-7-13-24/h2,4-5,8-11,14,19,24-25H,3,6-7,12-13,15-18,20-21H2,1H3.